The number of hydrogen-bond acceptors (Lipinski definition) is 5. The third-order valence-corrected chi connectivity index (χ3v) is 3.46. The minimum atomic E-state index is 0.147. The van der Waals surface area contributed by atoms with Gasteiger partial charge in [0.2, 0.25) is 0 Å². The third kappa shape index (κ3) is 2.98. The van der Waals surface area contributed by atoms with Gasteiger partial charge in [-0.05, 0) is 30.8 Å². The second-order valence-electron chi connectivity index (χ2n) is 3.32. The molecule has 0 spiro atoms. The van der Waals surface area contributed by atoms with Gasteiger partial charge in [-0.3, -0.25) is 4.79 Å². The molecular formula is C11H7Cl2N3OS. The minimum absolute atomic E-state index is 0.147. The molecule has 0 amide bonds. The summed E-state index contributed by atoms with van der Waals surface area (Å²) in [5.41, 5.74) is 0.268. The number of rotatable bonds is 3. The van der Waals surface area contributed by atoms with Crippen molar-refractivity contribution in [2.24, 2.45) is 0 Å². The van der Waals surface area contributed by atoms with Gasteiger partial charge in [-0.1, -0.05) is 23.2 Å². The lowest BCUT2D eigenvalue weighted by molar-refractivity contribution is 0.112. The molecule has 0 radical (unpaired) electrons. The summed E-state index contributed by atoms with van der Waals surface area (Å²) < 4.78 is 0. The molecule has 0 fully saturated rings. The van der Waals surface area contributed by atoms with Crippen molar-refractivity contribution in [2.75, 3.05) is 0 Å². The van der Waals surface area contributed by atoms with Gasteiger partial charge in [0.15, 0.2) is 6.29 Å². The van der Waals surface area contributed by atoms with Crippen molar-refractivity contribution in [3.8, 4) is 0 Å². The summed E-state index contributed by atoms with van der Waals surface area (Å²) in [6.07, 6.45) is 2.17. The zero-order valence-electron chi connectivity index (χ0n) is 9.22. The predicted octanol–water partition coefficient (Wildman–Crippen LogP) is 3.45. The number of carbonyl (C=O) groups is 1. The fraction of sp³-hybridized carbons (Fsp3) is 0.0909. The van der Waals surface area contributed by atoms with E-state index in [-0.39, 0.29) is 10.7 Å². The molecule has 0 aliphatic carbocycles. The molecule has 2 aromatic rings. The summed E-state index contributed by atoms with van der Waals surface area (Å²) in [6, 6.07) is 3.46. The van der Waals surface area contributed by atoms with Crippen LogP contribution in [-0.2, 0) is 0 Å². The van der Waals surface area contributed by atoms with Crippen LogP contribution in [0, 0.1) is 6.92 Å². The molecule has 0 bridgehead atoms. The van der Waals surface area contributed by atoms with E-state index in [9.17, 15) is 4.79 Å². The predicted molar refractivity (Wildman–Crippen MR) is 70.5 cm³/mol. The minimum Gasteiger partial charge on any atom is -0.298 e. The topological polar surface area (TPSA) is 55.7 Å². The summed E-state index contributed by atoms with van der Waals surface area (Å²) in [7, 11) is 0. The molecule has 4 nitrogen and oxygen atoms in total. The first-order chi connectivity index (χ1) is 8.60. The van der Waals surface area contributed by atoms with Crippen molar-refractivity contribution in [1.82, 2.24) is 15.0 Å². The molecule has 2 aromatic heterocycles. The maximum Gasteiger partial charge on any atom is 0.155 e. The summed E-state index contributed by atoms with van der Waals surface area (Å²) >= 11 is 12.9. The number of nitrogens with zero attached hydrogens (tertiary/aromatic N) is 3. The molecule has 7 heteroatoms. The fourth-order valence-electron chi connectivity index (χ4n) is 1.22. The van der Waals surface area contributed by atoms with Crippen LogP contribution in [0.5, 0.6) is 0 Å². The van der Waals surface area contributed by atoms with Crippen LogP contribution in [-0.4, -0.2) is 21.2 Å². The van der Waals surface area contributed by atoms with Crippen molar-refractivity contribution >= 4 is 41.2 Å². The average Bonchev–Trinajstić information content (AvgIpc) is 2.32. The number of hydrogen-bond donors (Lipinski definition) is 0. The molecule has 0 saturated carbocycles. The second kappa shape index (κ2) is 5.65. The Kier molecular flexibility index (Phi) is 4.16. The molecule has 0 aliphatic rings. The van der Waals surface area contributed by atoms with Gasteiger partial charge in [0.1, 0.15) is 21.0 Å². The van der Waals surface area contributed by atoms with Crippen LogP contribution >= 0.6 is 35.0 Å². The Morgan fingerprint density at radius 3 is 2.67 bits per heavy atom. The van der Waals surface area contributed by atoms with Gasteiger partial charge in [0.25, 0.3) is 0 Å². The lowest BCUT2D eigenvalue weighted by Gasteiger charge is -2.05. The van der Waals surface area contributed by atoms with Crippen molar-refractivity contribution in [3.05, 3.63) is 39.9 Å². The van der Waals surface area contributed by atoms with Crippen LogP contribution in [0.15, 0.2) is 28.4 Å². The largest absolute Gasteiger partial charge is 0.298 e. The summed E-state index contributed by atoms with van der Waals surface area (Å²) in [4.78, 5) is 23.2. The van der Waals surface area contributed by atoms with Crippen LogP contribution in [0.3, 0.4) is 0 Å². The quantitative estimate of drug-likeness (QED) is 0.642. The molecule has 0 aromatic carbocycles. The third-order valence-electron chi connectivity index (χ3n) is 2.00. The maximum atomic E-state index is 11.0. The van der Waals surface area contributed by atoms with E-state index >= 15 is 0 Å². The highest BCUT2D eigenvalue weighted by molar-refractivity contribution is 7.99. The van der Waals surface area contributed by atoms with Gasteiger partial charge in [0.05, 0.1) is 10.6 Å². The highest BCUT2D eigenvalue weighted by atomic mass is 35.5. The first-order valence-corrected chi connectivity index (χ1v) is 6.46. The molecule has 92 valence electrons. The summed E-state index contributed by atoms with van der Waals surface area (Å²) in [5, 5.41) is 1.86. The Hall–Kier alpha value is -1.17. The SMILES string of the molecule is Cc1nc(Cl)c(C=O)c(Sc2ccc(Cl)cn2)n1. The Bertz CT molecular complexity index is 590. The van der Waals surface area contributed by atoms with E-state index in [1.54, 1.807) is 19.1 Å². The summed E-state index contributed by atoms with van der Waals surface area (Å²) in [6.45, 7) is 1.71. The van der Waals surface area contributed by atoms with Crippen molar-refractivity contribution in [3.63, 3.8) is 0 Å². The molecule has 0 atom stereocenters. The average molecular weight is 300 g/mol. The van der Waals surface area contributed by atoms with E-state index in [2.05, 4.69) is 15.0 Å². The monoisotopic (exact) mass is 299 g/mol. The van der Waals surface area contributed by atoms with E-state index in [4.69, 9.17) is 23.2 Å². The van der Waals surface area contributed by atoms with E-state index in [1.807, 2.05) is 0 Å². The van der Waals surface area contributed by atoms with Crippen LogP contribution in [0.25, 0.3) is 0 Å². The Labute approximate surface area is 118 Å². The number of aromatic nitrogens is 3. The highest BCUT2D eigenvalue weighted by Crippen LogP contribution is 2.29. The zero-order valence-corrected chi connectivity index (χ0v) is 11.6. The zero-order chi connectivity index (χ0) is 13.1. The van der Waals surface area contributed by atoms with Gasteiger partial charge < -0.3 is 0 Å². The van der Waals surface area contributed by atoms with Gasteiger partial charge in [0, 0.05) is 6.20 Å². The number of aryl methyl sites for hydroxylation is 1. The Morgan fingerprint density at radius 1 is 1.28 bits per heavy atom. The van der Waals surface area contributed by atoms with Crippen LogP contribution in [0.4, 0.5) is 0 Å². The first kappa shape index (κ1) is 13.3. The van der Waals surface area contributed by atoms with Crippen LogP contribution < -0.4 is 0 Å². The van der Waals surface area contributed by atoms with E-state index < -0.39 is 0 Å². The fourth-order valence-corrected chi connectivity index (χ4v) is 2.52. The molecule has 0 aliphatic heterocycles. The number of pyridine rings is 1. The molecule has 0 saturated heterocycles. The smallest absolute Gasteiger partial charge is 0.155 e. The van der Waals surface area contributed by atoms with Crippen molar-refractivity contribution in [2.45, 2.75) is 17.0 Å². The second-order valence-corrected chi connectivity index (χ2v) is 5.12. The first-order valence-electron chi connectivity index (χ1n) is 4.89. The molecule has 18 heavy (non-hydrogen) atoms. The number of aldehydes is 1. The van der Waals surface area contributed by atoms with Gasteiger partial charge in [-0.25, -0.2) is 15.0 Å². The van der Waals surface area contributed by atoms with Crippen LogP contribution in [0.2, 0.25) is 10.2 Å². The number of halogens is 2. The number of carbonyl (C=O) groups excluding carboxylic acids is 1. The maximum absolute atomic E-state index is 11.0. The van der Waals surface area contributed by atoms with Crippen LogP contribution in [0.1, 0.15) is 16.2 Å². The molecule has 0 unspecified atom stereocenters. The van der Waals surface area contributed by atoms with Gasteiger partial charge >= 0.3 is 0 Å². The van der Waals surface area contributed by atoms with E-state index in [0.717, 1.165) is 0 Å². The van der Waals surface area contributed by atoms with E-state index in [1.165, 1.54) is 18.0 Å². The van der Waals surface area contributed by atoms with Gasteiger partial charge in [-0.15, -0.1) is 0 Å². The molecule has 2 heterocycles. The normalized spacial score (nSPS) is 10.4. The lowest BCUT2D eigenvalue weighted by atomic mass is 10.4. The molecule has 0 N–H and O–H groups in total. The standard InChI is InChI=1S/C11H7Cl2N3OS/c1-6-15-10(13)8(5-17)11(16-6)18-9-3-2-7(12)4-14-9/h2-5H,1H3. The summed E-state index contributed by atoms with van der Waals surface area (Å²) in [5.74, 6) is 0.502. The molecular weight excluding hydrogens is 293 g/mol. The Balaban J connectivity index is 2.39. The molecule has 2 rings (SSSR count). The Morgan fingerprint density at radius 2 is 2.06 bits per heavy atom. The van der Waals surface area contributed by atoms with Crippen molar-refractivity contribution in [1.29, 1.82) is 0 Å². The van der Waals surface area contributed by atoms with Crippen molar-refractivity contribution < 1.29 is 4.79 Å². The lowest BCUT2D eigenvalue weighted by Crippen LogP contribution is -1.98. The highest BCUT2D eigenvalue weighted by Gasteiger charge is 2.12. The van der Waals surface area contributed by atoms with E-state index in [0.29, 0.717) is 27.2 Å². The van der Waals surface area contributed by atoms with Gasteiger partial charge in [-0.2, -0.15) is 0 Å².